The number of halogens is 5. The van der Waals surface area contributed by atoms with Gasteiger partial charge in [-0.25, -0.2) is 14.0 Å². The number of nitrogens with one attached hydrogen (secondary N) is 1. The number of urea groups is 1. The van der Waals surface area contributed by atoms with Crippen LogP contribution in [0.1, 0.15) is 5.56 Å². The molecule has 3 nitrogen and oxygen atoms in total. The van der Waals surface area contributed by atoms with Crippen molar-refractivity contribution in [2.45, 2.75) is 6.18 Å². The summed E-state index contributed by atoms with van der Waals surface area (Å²) in [5.41, 5.74) is -0.446. The molecular weight excluding hydrogens is 324 g/mol. The molecule has 116 valence electrons. The maximum atomic E-state index is 12.9. The standard InChI is InChI=1S/C14H9ClF4N2O/c15-20-13(22)21(12-7-3-10(16)4-8-12)11-5-1-9(2-6-11)14(17,18)19/h1-8H,(H,20,22). The largest absolute Gasteiger partial charge is 0.416 e. The van der Waals surface area contributed by atoms with E-state index in [0.717, 1.165) is 41.3 Å². The molecule has 0 aliphatic carbocycles. The highest BCUT2D eigenvalue weighted by Crippen LogP contribution is 2.32. The van der Waals surface area contributed by atoms with Crippen LogP contribution >= 0.6 is 11.8 Å². The number of nitrogens with zero attached hydrogens (tertiary/aromatic N) is 1. The number of hydrogen-bond acceptors (Lipinski definition) is 1. The molecule has 8 heteroatoms. The fourth-order valence-corrected chi connectivity index (χ4v) is 1.90. The lowest BCUT2D eigenvalue weighted by Crippen LogP contribution is -2.31. The third-order valence-electron chi connectivity index (χ3n) is 2.82. The normalized spacial score (nSPS) is 11.1. The number of anilines is 2. The van der Waals surface area contributed by atoms with E-state index in [-0.39, 0.29) is 11.4 Å². The van der Waals surface area contributed by atoms with Crippen molar-refractivity contribution in [1.82, 2.24) is 4.84 Å². The van der Waals surface area contributed by atoms with Crippen molar-refractivity contribution in [3.63, 3.8) is 0 Å². The fraction of sp³-hybridized carbons (Fsp3) is 0.0714. The van der Waals surface area contributed by atoms with Crippen LogP contribution in [-0.2, 0) is 6.18 Å². The molecule has 0 atom stereocenters. The molecule has 0 aromatic heterocycles. The third kappa shape index (κ3) is 3.48. The summed E-state index contributed by atoms with van der Waals surface area (Å²) in [6.45, 7) is 0. The molecule has 1 N–H and O–H groups in total. The van der Waals surface area contributed by atoms with Gasteiger partial charge in [-0.15, -0.1) is 0 Å². The van der Waals surface area contributed by atoms with Gasteiger partial charge in [0.15, 0.2) is 0 Å². The molecule has 22 heavy (non-hydrogen) atoms. The summed E-state index contributed by atoms with van der Waals surface area (Å²) in [5, 5.41) is 0. The number of rotatable bonds is 2. The Balaban J connectivity index is 2.42. The van der Waals surface area contributed by atoms with Crippen molar-refractivity contribution in [2.75, 3.05) is 4.90 Å². The minimum absolute atomic E-state index is 0.151. The molecule has 2 rings (SSSR count). The molecular formula is C14H9ClF4N2O. The van der Waals surface area contributed by atoms with Gasteiger partial charge in [0.05, 0.1) is 16.9 Å². The molecule has 2 aromatic rings. The summed E-state index contributed by atoms with van der Waals surface area (Å²) in [7, 11) is 0. The van der Waals surface area contributed by atoms with Crippen LogP contribution in [0.15, 0.2) is 48.5 Å². The monoisotopic (exact) mass is 332 g/mol. The average molecular weight is 333 g/mol. The maximum Gasteiger partial charge on any atom is 0.416 e. The van der Waals surface area contributed by atoms with Gasteiger partial charge in [0.25, 0.3) is 0 Å². The molecule has 0 aliphatic heterocycles. The number of hydrogen-bond donors (Lipinski definition) is 1. The van der Waals surface area contributed by atoms with Gasteiger partial charge < -0.3 is 0 Å². The Morgan fingerprint density at radius 2 is 1.41 bits per heavy atom. The molecule has 0 unspecified atom stereocenters. The van der Waals surface area contributed by atoms with Crippen molar-refractivity contribution in [2.24, 2.45) is 0 Å². The van der Waals surface area contributed by atoms with E-state index >= 15 is 0 Å². The first kappa shape index (κ1) is 16.1. The smallest absolute Gasteiger partial charge is 0.262 e. The van der Waals surface area contributed by atoms with E-state index in [1.54, 1.807) is 0 Å². The van der Waals surface area contributed by atoms with Crippen LogP contribution in [0.25, 0.3) is 0 Å². The van der Waals surface area contributed by atoms with Crippen molar-refractivity contribution >= 4 is 29.2 Å². The summed E-state index contributed by atoms with van der Waals surface area (Å²) in [6, 6.07) is 7.99. The van der Waals surface area contributed by atoms with Crippen LogP contribution in [0.3, 0.4) is 0 Å². The maximum absolute atomic E-state index is 12.9. The number of carbonyl (C=O) groups is 1. The van der Waals surface area contributed by atoms with Gasteiger partial charge in [-0.1, -0.05) is 0 Å². The minimum Gasteiger partial charge on any atom is -0.262 e. The lowest BCUT2D eigenvalue weighted by atomic mass is 10.1. The first-order valence-electron chi connectivity index (χ1n) is 5.96. The van der Waals surface area contributed by atoms with Crippen LogP contribution in [0.2, 0.25) is 0 Å². The van der Waals surface area contributed by atoms with E-state index < -0.39 is 23.6 Å². The highest BCUT2D eigenvalue weighted by atomic mass is 35.5. The van der Waals surface area contributed by atoms with E-state index in [9.17, 15) is 22.4 Å². The molecule has 0 aliphatic rings. The predicted octanol–water partition coefficient (Wildman–Crippen LogP) is 4.85. The van der Waals surface area contributed by atoms with Gasteiger partial charge in [-0.2, -0.15) is 13.2 Å². The van der Waals surface area contributed by atoms with Crippen LogP contribution in [0, 0.1) is 5.82 Å². The zero-order chi connectivity index (χ0) is 16.3. The lowest BCUT2D eigenvalue weighted by Gasteiger charge is -2.22. The van der Waals surface area contributed by atoms with E-state index in [4.69, 9.17) is 11.8 Å². The predicted molar refractivity (Wildman–Crippen MR) is 74.4 cm³/mol. The van der Waals surface area contributed by atoms with Crippen molar-refractivity contribution in [3.05, 3.63) is 59.9 Å². The van der Waals surface area contributed by atoms with Crippen molar-refractivity contribution in [3.8, 4) is 0 Å². The zero-order valence-electron chi connectivity index (χ0n) is 10.9. The second-order valence-electron chi connectivity index (χ2n) is 4.26. The molecule has 0 fully saturated rings. The van der Waals surface area contributed by atoms with Gasteiger partial charge in [0, 0.05) is 11.8 Å². The Labute approximate surface area is 128 Å². The molecule has 0 bridgehead atoms. The highest BCUT2D eigenvalue weighted by Gasteiger charge is 2.30. The molecule has 0 saturated heterocycles. The number of benzene rings is 2. The van der Waals surface area contributed by atoms with Gasteiger partial charge in [-0.05, 0) is 48.5 Å². The first-order valence-corrected chi connectivity index (χ1v) is 6.34. The Morgan fingerprint density at radius 1 is 0.955 bits per heavy atom. The molecule has 0 spiro atoms. The SMILES string of the molecule is O=C(NCl)N(c1ccc(F)cc1)c1ccc(C(F)(F)F)cc1. The van der Waals surface area contributed by atoms with Gasteiger partial charge in [0.2, 0.25) is 0 Å². The van der Waals surface area contributed by atoms with Crippen LogP contribution in [0.4, 0.5) is 33.7 Å². The van der Waals surface area contributed by atoms with Crippen LogP contribution in [0.5, 0.6) is 0 Å². The fourth-order valence-electron chi connectivity index (χ4n) is 1.82. The Kier molecular flexibility index (Phi) is 4.56. The Bertz CT molecular complexity index is 656. The van der Waals surface area contributed by atoms with E-state index in [1.165, 1.54) is 12.1 Å². The number of alkyl halides is 3. The zero-order valence-corrected chi connectivity index (χ0v) is 11.6. The van der Waals surface area contributed by atoms with Crippen LogP contribution < -0.4 is 9.74 Å². The summed E-state index contributed by atoms with van der Waals surface area (Å²) < 4.78 is 50.6. The van der Waals surface area contributed by atoms with E-state index in [0.29, 0.717) is 0 Å². The molecule has 0 saturated carbocycles. The number of amides is 2. The molecule has 2 amide bonds. The van der Waals surface area contributed by atoms with Crippen LogP contribution in [-0.4, -0.2) is 6.03 Å². The molecule has 0 radical (unpaired) electrons. The average Bonchev–Trinajstić information content (AvgIpc) is 2.49. The summed E-state index contributed by atoms with van der Waals surface area (Å²) in [4.78, 5) is 14.7. The van der Waals surface area contributed by atoms with Gasteiger partial charge in [-0.3, -0.25) is 4.90 Å². The summed E-state index contributed by atoms with van der Waals surface area (Å²) >= 11 is 5.29. The topological polar surface area (TPSA) is 32.3 Å². The second-order valence-corrected chi connectivity index (χ2v) is 4.45. The molecule has 0 heterocycles. The van der Waals surface area contributed by atoms with E-state index in [2.05, 4.69) is 0 Å². The van der Waals surface area contributed by atoms with E-state index in [1.807, 2.05) is 4.84 Å². The Hall–Kier alpha value is -2.28. The quantitative estimate of drug-likeness (QED) is 0.619. The summed E-state index contributed by atoms with van der Waals surface area (Å²) in [5.74, 6) is -0.512. The third-order valence-corrected chi connectivity index (χ3v) is 2.98. The molecule has 2 aromatic carbocycles. The van der Waals surface area contributed by atoms with Gasteiger partial charge in [0.1, 0.15) is 5.82 Å². The van der Waals surface area contributed by atoms with Gasteiger partial charge >= 0.3 is 12.2 Å². The second kappa shape index (κ2) is 6.23. The van der Waals surface area contributed by atoms with Crippen molar-refractivity contribution in [1.29, 1.82) is 0 Å². The van der Waals surface area contributed by atoms with Crippen molar-refractivity contribution < 1.29 is 22.4 Å². The first-order chi connectivity index (χ1) is 10.3. The highest BCUT2D eigenvalue weighted by molar-refractivity contribution is 6.24. The summed E-state index contributed by atoms with van der Waals surface area (Å²) in [6.07, 6.45) is -4.48. The number of carbonyl (C=O) groups excluding carboxylic acids is 1. The Morgan fingerprint density at radius 3 is 1.82 bits per heavy atom. The minimum atomic E-state index is -4.48. The lowest BCUT2D eigenvalue weighted by molar-refractivity contribution is -0.137.